The summed E-state index contributed by atoms with van der Waals surface area (Å²) in [6.45, 7) is 9.83. The van der Waals surface area contributed by atoms with Gasteiger partial charge in [0, 0.05) is 58.3 Å². The zero-order chi connectivity index (χ0) is 14.1. The van der Waals surface area contributed by atoms with Crippen molar-refractivity contribution in [2.75, 3.05) is 45.8 Å². The number of benzene rings is 1. The minimum atomic E-state index is 0.671. The van der Waals surface area contributed by atoms with Crippen LogP contribution in [0.3, 0.4) is 0 Å². The Bertz CT molecular complexity index is 475. The van der Waals surface area contributed by atoms with Gasteiger partial charge in [-0.3, -0.25) is 0 Å². The second kappa shape index (κ2) is 6.07. The topological polar surface area (TPSA) is 18.5 Å². The molecule has 4 rings (SSSR count). The second-order valence-electron chi connectivity index (χ2n) is 7.07. The summed E-state index contributed by atoms with van der Waals surface area (Å²) >= 11 is 0. The molecule has 1 aliphatic carbocycles. The zero-order valence-electron chi connectivity index (χ0n) is 12.9. The van der Waals surface area contributed by atoms with E-state index in [1.807, 2.05) is 0 Å². The normalized spacial score (nSPS) is 27.5. The largest absolute Gasteiger partial charge is 0.312 e. The van der Waals surface area contributed by atoms with Gasteiger partial charge in [-0.05, 0) is 29.9 Å². The molecular weight excluding hydrogens is 258 g/mol. The van der Waals surface area contributed by atoms with Gasteiger partial charge < -0.3 is 15.1 Å². The Morgan fingerprint density at radius 2 is 1.67 bits per heavy atom. The first kappa shape index (κ1) is 13.7. The molecule has 1 aromatic carbocycles. The summed E-state index contributed by atoms with van der Waals surface area (Å²) in [5, 5.41) is 3.59. The van der Waals surface area contributed by atoms with Crippen LogP contribution in [0.5, 0.6) is 0 Å². The molecule has 0 bridgehead atoms. The number of piperazine rings is 1. The molecule has 21 heavy (non-hydrogen) atoms. The first-order valence-electron chi connectivity index (χ1n) is 8.62. The van der Waals surface area contributed by atoms with Crippen LogP contribution in [0.25, 0.3) is 0 Å². The summed E-state index contributed by atoms with van der Waals surface area (Å²) in [5.74, 6) is 1.70. The molecule has 1 N–H and O–H groups in total. The molecule has 114 valence electrons. The van der Waals surface area contributed by atoms with Crippen molar-refractivity contribution in [2.45, 2.75) is 25.3 Å². The molecule has 3 aliphatic rings. The van der Waals surface area contributed by atoms with Gasteiger partial charge in [-0.2, -0.15) is 0 Å². The molecule has 0 amide bonds. The third-order valence-corrected chi connectivity index (χ3v) is 5.36. The van der Waals surface area contributed by atoms with Gasteiger partial charge in [0.1, 0.15) is 0 Å². The van der Waals surface area contributed by atoms with Crippen LogP contribution in [0.1, 0.15) is 29.9 Å². The molecule has 1 saturated heterocycles. The van der Waals surface area contributed by atoms with Crippen LogP contribution in [-0.4, -0.2) is 55.6 Å². The van der Waals surface area contributed by atoms with Gasteiger partial charge in [0.15, 0.2) is 0 Å². The van der Waals surface area contributed by atoms with Crippen molar-refractivity contribution in [1.82, 2.24) is 15.1 Å². The SMILES string of the molecule is c1ccc2c(c1)CNCC2CN1CCN(CC2CC2)CC1. The average molecular weight is 285 g/mol. The molecule has 1 saturated carbocycles. The Hall–Kier alpha value is -0.900. The highest BCUT2D eigenvalue weighted by molar-refractivity contribution is 5.32. The van der Waals surface area contributed by atoms with Gasteiger partial charge in [0.05, 0.1) is 0 Å². The number of hydrogen-bond donors (Lipinski definition) is 1. The van der Waals surface area contributed by atoms with Crippen LogP contribution < -0.4 is 5.32 Å². The minimum Gasteiger partial charge on any atom is -0.312 e. The van der Waals surface area contributed by atoms with Gasteiger partial charge in [-0.1, -0.05) is 24.3 Å². The van der Waals surface area contributed by atoms with Crippen LogP contribution in [0, 0.1) is 5.92 Å². The highest BCUT2D eigenvalue weighted by Crippen LogP contribution is 2.30. The van der Waals surface area contributed by atoms with E-state index < -0.39 is 0 Å². The predicted octanol–water partition coefficient (Wildman–Crippen LogP) is 1.90. The summed E-state index contributed by atoms with van der Waals surface area (Å²) < 4.78 is 0. The molecule has 0 aromatic heterocycles. The van der Waals surface area contributed by atoms with Gasteiger partial charge in [0.25, 0.3) is 0 Å². The summed E-state index contributed by atoms with van der Waals surface area (Å²) in [6.07, 6.45) is 2.95. The molecule has 2 aliphatic heterocycles. The molecule has 1 aromatic rings. The van der Waals surface area contributed by atoms with Crippen molar-refractivity contribution in [3.63, 3.8) is 0 Å². The quantitative estimate of drug-likeness (QED) is 0.911. The highest BCUT2D eigenvalue weighted by atomic mass is 15.3. The predicted molar refractivity (Wildman–Crippen MR) is 86.5 cm³/mol. The molecular formula is C18H27N3. The molecule has 0 spiro atoms. The Morgan fingerprint density at radius 1 is 0.952 bits per heavy atom. The Balaban J connectivity index is 1.33. The lowest BCUT2D eigenvalue weighted by Gasteiger charge is -2.38. The fourth-order valence-corrected chi connectivity index (χ4v) is 3.88. The van der Waals surface area contributed by atoms with E-state index in [4.69, 9.17) is 0 Å². The van der Waals surface area contributed by atoms with Crippen molar-refractivity contribution in [3.05, 3.63) is 35.4 Å². The molecule has 3 nitrogen and oxygen atoms in total. The first-order valence-corrected chi connectivity index (χ1v) is 8.62. The lowest BCUT2D eigenvalue weighted by molar-refractivity contribution is 0.122. The van der Waals surface area contributed by atoms with Crippen molar-refractivity contribution in [3.8, 4) is 0 Å². The average Bonchev–Trinajstić information content (AvgIpc) is 3.34. The van der Waals surface area contributed by atoms with E-state index in [1.165, 1.54) is 57.7 Å². The number of rotatable bonds is 4. The summed E-state index contributed by atoms with van der Waals surface area (Å²) in [7, 11) is 0. The molecule has 1 atom stereocenters. The van der Waals surface area contributed by atoms with Crippen LogP contribution >= 0.6 is 0 Å². The Morgan fingerprint density at radius 3 is 2.43 bits per heavy atom. The maximum absolute atomic E-state index is 3.59. The standard InChI is InChI=1S/C18H27N3/c1-2-4-18-16(3-1)11-19-12-17(18)14-21-9-7-20(8-10-21)13-15-5-6-15/h1-4,15,17,19H,5-14H2. The number of nitrogens with zero attached hydrogens (tertiary/aromatic N) is 2. The van der Waals surface area contributed by atoms with Gasteiger partial charge in [0.2, 0.25) is 0 Å². The van der Waals surface area contributed by atoms with Gasteiger partial charge in [-0.25, -0.2) is 0 Å². The van der Waals surface area contributed by atoms with Crippen molar-refractivity contribution < 1.29 is 0 Å². The van der Waals surface area contributed by atoms with Crippen LogP contribution in [0.4, 0.5) is 0 Å². The third kappa shape index (κ3) is 3.31. The van der Waals surface area contributed by atoms with Gasteiger partial charge in [-0.15, -0.1) is 0 Å². The maximum Gasteiger partial charge on any atom is 0.0208 e. The van der Waals surface area contributed by atoms with E-state index in [1.54, 1.807) is 5.56 Å². The smallest absolute Gasteiger partial charge is 0.0208 e. The molecule has 1 unspecified atom stereocenters. The van der Waals surface area contributed by atoms with E-state index in [0.29, 0.717) is 5.92 Å². The van der Waals surface area contributed by atoms with Crippen LogP contribution in [0.15, 0.2) is 24.3 Å². The fraction of sp³-hybridized carbons (Fsp3) is 0.667. The van der Waals surface area contributed by atoms with E-state index in [-0.39, 0.29) is 0 Å². The highest BCUT2D eigenvalue weighted by Gasteiger charge is 2.28. The maximum atomic E-state index is 3.59. The molecule has 0 radical (unpaired) electrons. The zero-order valence-corrected chi connectivity index (χ0v) is 12.9. The second-order valence-corrected chi connectivity index (χ2v) is 7.07. The van der Waals surface area contributed by atoms with E-state index in [2.05, 4.69) is 39.4 Å². The summed E-state index contributed by atoms with van der Waals surface area (Å²) in [6, 6.07) is 8.98. The van der Waals surface area contributed by atoms with Crippen molar-refractivity contribution in [2.24, 2.45) is 5.92 Å². The van der Waals surface area contributed by atoms with Crippen LogP contribution in [0.2, 0.25) is 0 Å². The van der Waals surface area contributed by atoms with Crippen molar-refractivity contribution >= 4 is 0 Å². The summed E-state index contributed by atoms with van der Waals surface area (Å²) in [4.78, 5) is 5.36. The molecule has 2 heterocycles. The summed E-state index contributed by atoms with van der Waals surface area (Å²) in [5.41, 5.74) is 3.08. The van der Waals surface area contributed by atoms with E-state index in [0.717, 1.165) is 19.0 Å². The lowest BCUT2D eigenvalue weighted by atomic mass is 9.90. The minimum absolute atomic E-state index is 0.671. The van der Waals surface area contributed by atoms with Crippen LogP contribution in [-0.2, 0) is 6.54 Å². The van der Waals surface area contributed by atoms with Gasteiger partial charge >= 0.3 is 0 Å². The lowest BCUT2D eigenvalue weighted by Crippen LogP contribution is -2.49. The van der Waals surface area contributed by atoms with Crippen molar-refractivity contribution in [1.29, 1.82) is 0 Å². The molecule has 3 heteroatoms. The Kier molecular flexibility index (Phi) is 3.97. The first-order chi connectivity index (χ1) is 10.4. The fourth-order valence-electron chi connectivity index (χ4n) is 3.88. The Labute approximate surface area is 128 Å². The number of nitrogens with one attached hydrogen (secondary N) is 1. The number of hydrogen-bond acceptors (Lipinski definition) is 3. The monoisotopic (exact) mass is 285 g/mol. The van der Waals surface area contributed by atoms with E-state index in [9.17, 15) is 0 Å². The molecule has 2 fully saturated rings. The third-order valence-electron chi connectivity index (χ3n) is 5.36. The number of fused-ring (bicyclic) bond motifs is 1. The van der Waals surface area contributed by atoms with E-state index >= 15 is 0 Å².